The third-order valence-electron chi connectivity index (χ3n) is 5.45. The van der Waals surface area contributed by atoms with Crippen molar-refractivity contribution in [2.45, 2.75) is 18.9 Å². The maximum atomic E-state index is 12.5. The second kappa shape index (κ2) is 8.90. The molecule has 7 nitrogen and oxygen atoms in total. The van der Waals surface area contributed by atoms with Gasteiger partial charge in [-0.3, -0.25) is 9.89 Å². The molecule has 1 saturated heterocycles. The van der Waals surface area contributed by atoms with Crippen LogP contribution in [0.25, 0.3) is 11.3 Å². The van der Waals surface area contributed by atoms with E-state index < -0.39 is 0 Å². The highest BCUT2D eigenvalue weighted by molar-refractivity contribution is 5.94. The Morgan fingerprint density at radius 3 is 2.47 bits per heavy atom. The Balaban J connectivity index is 1.33. The van der Waals surface area contributed by atoms with Crippen molar-refractivity contribution in [2.24, 2.45) is 0 Å². The van der Waals surface area contributed by atoms with Crippen LogP contribution in [-0.4, -0.2) is 49.5 Å². The number of amides is 1. The van der Waals surface area contributed by atoms with Crippen LogP contribution >= 0.6 is 0 Å². The summed E-state index contributed by atoms with van der Waals surface area (Å²) in [6, 6.07) is 17.3. The van der Waals surface area contributed by atoms with Crippen LogP contribution in [0.3, 0.4) is 0 Å². The van der Waals surface area contributed by atoms with Gasteiger partial charge in [-0.05, 0) is 60.9 Å². The molecule has 7 heteroatoms. The molecule has 1 aliphatic rings. The highest BCUT2D eigenvalue weighted by Gasteiger charge is 2.23. The summed E-state index contributed by atoms with van der Waals surface area (Å²) in [5.41, 5.74) is 2.66. The average molecular weight is 406 g/mol. The first kappa shape index (κ1) is 19.8. The largest absolute Gasteiger partial charge is 0.497 e. The van der Waals surface area contributed by atoms with E-state index in [9.17, 15) is 4.79 Å². The lowest BCUT2D eigenvalue weighted by atomic mass is 10.0. The van der Waals surface area contributed by atoms with E-state index in [4.69, 9.17) is 9.47 Å². The molecule has 4 rings (SSSR count). The monoisotopic (exact) mass is 406 g/mol. The molecule has 30 heavy (non-hydrogen) atoms. The number of nitrogens with one attached hydrogen (secondary N) is 2. The lowest BCUT2D eigenvalue weighted by Gasteiger charge is -2.32. The second-order valence-electron chi connectivity index (χ2n) is 7.34. The Hall–Kier alpha value is -3.48. The van der Waals surface area contributed by atoms with Gasteiger partial charge in [-0.2, -0.15) is 5.10 Å². The molecule has 1 aliphatic heterocycles. The van der Waals surface area contributed by atoms with Crippen LogP contribution in [0, 0.1) is 0 Å². The maximum absolute atomic E-state index is 12.5. The van der Waals surface area contributed by atoms with Crippen molar-refractivity contribution in [3.8, 4) is 22.8 Å². The number of methoxy groups -OCH3 is 2. The van der Waals surface area contributed by atoms with E-state index in [-0.39, 0.29) is 11.9 Å². The first-order valence-corrected chi connectivity index (χ1v) is 10.1. The number of carbonyl (C=O) groups excluding carboxylic acids is 1. The van der Waals surface area contributed by atoms with Gasteiger partial charge in [-0.25, -0.2) is 0 Å². The van der Waals surface area contributed by atoms with Crippen molar-refractivity contribution >= 4 is 11.7 Å². The van der Waals surface area contributed by atoms with Crippen LogP contribution in [0.2, 0.25) is 0 Å². The van der Waals surface area contributed by atoms with Gasteiger partial charge in [0.1, 0.15) is 11.5 Å². The number of piperidine rings is 1. The third kappa shape index (κ3) is 4.40. The summed E-state index contributed by atoms with van der Waals surface area (Å²) in [6.07, 6.45) is 1.75. The van der Waals surface area contributed by atoms with E-state index in [1.165, 1.54) is 0 Å². The summed E-state index contributed by atoms with van der Waals surface area (Å²) < 4.78 is 10.4. The molecule has 1 amide bonds. The molecule has 0 aliphatic carbocycles. The second-order valence-corrected chi connectivity index (χ2v) is 7.34. The first-order chi connectivity index (χ1) is 14.7. The molecule has 0 atom stereocenters. The Kier molecular flexibility index (Phi) is 5.88. The maximum Gasteiger partial charge on any atom is 0.251 e. The fourth-order valence-corrected chi connectivity index (χ4v) is 3.68. The molecule has 0 saturated carbocycles. The zero-order valence-electron chi connectivity index (χ0n) is 17.2. The summed E-state index contributed by atoms with van der Waals surface area (Å²) in [4.78, 5) is 14.8. The van der Waals surface area contributed by atoms with Crippen LogP contribution in [0.5, 0.6) is 11.5 Å². The van der Waals surface area contributed by atoms with Gasteiger partial charge in [0.2, 0.25) is 0 Å². The van der Waals surface area contributed by atoms with E-state index in [1.807, 2.05) is 36.4 Å². The van der Waals surface area contributed by atoms with Crippen LogP contribution < -0.4 is 19.7 Å². The van der Waals surface area contributed by atoms with Crippen LogP contribution in [0.4, 0.5) is 5.82 Å². The van der Waals surface area contributed by atoms with Gasteiger partial charge in [-0.15, -0.1) is 0 Å². The molecular weight excluding hydrogens is 380 g/mol. The van der Waals surface area contributed by atoms with E-state index in [1.54, 1.807) is 26.4 Å². The fraction of sp³-hybridized carbons (Fsp3) is 0.304. The van der Waals surface area contributed by atoms with Crippen LogP contribution in [-0.2, 0) is 0 Å². The van der Waals surface area contributed by atoms with Crippen molar-refractivity contribution in [2.75, 3.05) is 32.2 Å². The summed E-state index contributed by atoms with van der Waals surface area (Å²) >= 11 is 0. The minimum Gasteiger partial charge on any atom is -0.497 e. The molecule has 0 spiro atoms. The number of rotatable bonds is 6. The van der Waals surface area contributed by atoms with E-state index in [2.05, 4.69) is 26.5 Å². The third-order valence-corrected chi connectivity index (χ3v) is 5.45. The number of hydrogen-bond acceptors (Lipinski definition) is 5. The normalized spacial score (nSPS) is 14.4. The molecule has 3 aromatic rings. The topological polar surface area (TPSA) is 79.5 Å². The van der Waals surface area contributed by atoms with Crippen molar-refractivity contribution in [1.82, 2.24) is 15.5 Å². The van der Waals surface area contributed by atoms with Crippen molar-refractivity contribution in [1.29, 1.82) is 0 Å². The number of benzene rings is 2. The van der Waals surface area contributed by atoms with Crippen LogP contribution in [0.1, 0.15) is 23.2 Å². The smallest absolute Gasteiger partial charge is 0.251 e. The summed E-state index contributed by atoms with van der Waals surface area (Å²) in [5, 5.41) is 10.7. The van der Waals surface area contributed by atoms with Crippen LogP contribution in [0.15, 0.2) is 54.6 Å². The van der Waals surface area contributed by atoms with E-state index in [0.29, 0.717) is 11.3 Å². The minimum atomic E-state index is -0.0612. The summed E-state index contributed by atoms with van der Waals surface area (Å²) in [6.45, 7) is 1.69. The first-order valence-electron chi connectivity index (χ1n) is 10.1. The molecule has 0 radical (unpaired) electrons. The SMILES string of the molecule is COc1ccc(-c2cc(N3CCC(NC(=O)c4cccc(OC)c4)CC3)n[nH]2)cc1. The van der Waals surface area contributed by atoms with Gasteiger partial charge in [-0.1, -0.05) is 6.07 Å². The Morgan fingerprint density at radius 1 is 1.03 bits per heavy atom. The zero-order chi connectivity index (χ0) is 20.9. The predicted molar refractivity (Wildman–Crippen MR) is 116 cm³/mol. The minimum absolute atomic E-state index is 0.0612. The van der Waals surface area contributed by atoms with Gasteiger partial charge < -0.3 is 19.7 Å². The van der Waals surface area contributed by atoms with Gasteiger partial charge in [0, 0.05) is 30.8 Å². The predicted octanol–water partition coefficient (Wildman–Crippen LogP) is 3.49. The Labute approximate surface area is 176 Å². The average Bonchev–Trinajstić information content (AvgIpc) is 3.30. The zero-order valence-corrected chi connectivity index (χ0v) is 17.2. The molecule has 0 bridgehead atoms. The summed E-state index contributed by atoms with van der Waals surface area (Å²) in [7, 11) is 3.26. The Bertz CT molecular complexity index is 992. The highest BCUT2D eigenvalue weighted by Crippen LogP contribution is 2.26. The molecule has 0 unspecified atom stereocenters. The molecule has 2 N–H and O–H groups in total. The molecule has 1 fully saturated rings. The number of ether oxygens (including phenoxy) is 2. The van der Waals surface area contributed by atoms with Gasteiger partial charge >= 0.3 is 0 Å². The van der Waals surface area contributed by atoms with E-state index >= 15 is 0 Å². The summed E-state index contributed by atoms with van der Waals surface area (Å²) in [5.74, 6) is 2.38. The quantitative estimate of drug-likeness (QED) is 0.655. The number of aromatic nitrogens is 2. The molecule has 156 valence electrons. The molecule has 2 aromatic carbocycles. The number of carbonyl (C=O) groups is 1. The van der Waals surface area contributed by atoms with Gasteiger partial charge in [0.05, 0.1) is 19.9 Å². The lowest BCUT2D eigenvalue weighted by Crippen LogP contribution is -2.44. The lowest BCUT2D eigenvalue weighted by molar-refractivity contribution is 0.0930. The number of nitrogens with zero attached hydrogens (tertiary/aromatic N) is 2. The number of aromatic amines is 1. The standard InChI is InChI=1S/C23H26N4O3/c1-29-19-8-6-16(7-9-19)21-15-22(26-25-21)27-12-10-18(11-13-27)24-23(28)17-4-3-5-20(14-17)30-2/h3-9,14-15,18H,10-13H2,1-2H3,(H,24,28)(H,25,26). The number of H-pyrrole nitrogens is 1. The van der Waals surface area contributed by atoms with Gasteiger partial charge in [0.25, 0.3) is 5.91 Å². The molecule has 2 heterocycles. The Morgan fingerprint density at radius 2 is 1.77 bits per heavy atom. The van der Waals surface area contributed by atoms with Gasteiger partial charge in [0.15, 0.2) is 5.82 Å². The van der Waals surface area contributed by atoms with Crippen molar-refractivity contribution in [3.05, 3.63) is 60.2 Å². The molecular formula is C23H26N4O3. The fourth-order valence-electron chi connectivity index (χ4n) is 3.68. The number of hydrogen-bond donors (Lipinski definition) is 2. The van der Waals surface area contributed by atoms with Crippen molar-refractivity contribution in [3.63, 3.8) is 0 Å². The number of anilines is 1. The molecule has 1 aromatic heterocycles. The highest BCUT2D eigenvalue weighted by atomic mass is 16.5. The van der Waals surface area contributed by atoms with Crippen molar-refractivity contribution < 1.29 is 14.3 Å². The van der Waals surface area contributed by atoms with E-state index in [0.717, 1.165) is 48.8 Å².